The fourth-order valence-electron chi connectivity index (χ4n) is 4.59. The second-order valence-electron chi connectivity index (χ2n) is 9.15. The van der Waals surface area contributed by atoms with Crippen molar-refractivity contribution in [1.82, 2.24) is 14.7 Å². The largest absolute Gasteiger partial charge is 0.379 e. The summed E-state index contributed by atoms with van der Waals surface area (Å²) in [5.41, 5.74) is 1.15. The average Bonchev–Trinajstić information content (AvgIpc) is 2.82. The summed E-state index contributed by atoms with van der Waals surface area (Å²) >= 11 is 0. The van der Waals surface area contributed by atoms with Crippen LogP contribution in [0.4, 0.5) is 0 Å². The molecule has 0 bridgehead atoms. The van der Waals surface area contributed by atoms with E-state index in [0.29, 0.717) is 13.1 Å². The number of likely N-dealkylation sites (tertiary alicyclic amines) is 1. The summed E-state index contributed by atoms with van der Waals surface area (Å²) in [7, 11) is 0. The summed E-state index contributed by atoms with van der Waals surface area (Å²) in [6.07, 6.45) is 2.60. The first-order valence-electron chi connectivity index (χ1n) is 11.9. The van der Waals surface area contributed by atoms with Gasteiger partial charge in [0.05, 0.1) is 19.1 Å². The number of nitrogens with zero attached hydrogens (tertiary/aromatic N) is 3. The fourth-order valence-corrected chi connectivity index (χ4v) is 4.59. The van der Waals surface area contributed by atoms with E-state index in [9.17, 15) is 9.59 Å². The number of rotatable bonds is 8. The summed E-state index contributed by atoms with van der Waals surface area (Å²) < 4.78 is 5.48. The number of carbonyl (C=O) groups is 2. The van der Waals surface area contributed by atoms with Crippen molar-refractivity contribution in [2.75, 3.05) is 45.9 Å². The van der Waals surface area contributed by atoms with Gasteiger partial charge in [-0.05, 0) is 31.7 Å². The van der Waals surface area contributed by atoms with Gasteiger partial charge in [-0.1, -0.05) is 44.2 Å². The van der Waals surface area contributed by atoms with E-state index in [4.69, 9.17) is 4.74 Å². The van der Waals surface area contributed by atoms with Crippen LogP contribution >= 0.6 is 0 Å². The highest BCUT2D eigenvalue weighted by molar-refractivity contribution is 5.82. The molecule has 172 valence electrons. The van der Waals surface area contributed by atoms with Crippen LogP contribution in [0.5, 0.6) is 0 Å². The van der Waals surface area contributed by atoms with Gasteiger partial charge in [-0.15, -0.1) is 0 Å². The number of carbonyl (C=O) groups excluding carboxylic acids is 2. The molecule has 1 aromatic rings. The lowest BCUT2D eigenvalue weighted by Gasteiger charge is -2.39. The average molecular weight is 430 g/mol. The van der Waals surface area contributed by atoms with Crippen molar-refractivity contribution in [1.29, 1.82) is 0 Å². The van der Waals surface area contributed by atoms with Gasteiger partial charge >= 0.3 is 0 Å². The molecule has 0 aromatic heterocycles. The van der Waals surface area contributed by atoms with Crippen molar-refractivity contribution in [3.63, 3.8) is 0 Å². The Morgan fingerprint density at radius 1 is 1.13 bits per heavy atom. The van der Waals surface area contributed by atoms with Crippen molar-refractivity contribution in [2.45, 2.75) is 52.6 Å². The molecule has 3 rings (SSSR count). The van der Waals surface area contributed by atoms with E-state index in [1.165, 1.54) is 0 Å². The van der Waals surface area contributed by atoms with Crippen LogP contribution in [0.2, 0.25) is 0 Å². The highest BCUT2D eigenvalue weighted by Gasteiger charge is 2.34. The van der Waals surface area contributed by atoms with Gasteiger partial charge < -0.3 is 14.5 Å². The smallest absolute Gasteiger partial charge is 0.228 e. The molecule has 0 radical (unpaired) electrons. The van der Waals surface area contributed by atoms with Crippen LogP contribution in [0.15, 0.2) is 30.3 Å². The summed E-state index contributed by atoms with van der Waals surface area (Å²) in [6, 6.07) is 10.3. The van der Waals surface area contributed by atoms with Crippen molar-refractivity contribution in [3.8, 4) is 0 Å². The molecule has 0 saturated carbocycles. The van der Waals surface area contributed by atoms with Crippen LogP contribution in [0.1, 0.15) is 45.6 Å². The zero-order chi connectivity index (χ0) is 22.2. The van der Waals surface area contributed by atoms with Crippen LogP contribution in [0.3, 0.4) is 0 Å². The molecule has 2 aliphatic heterocycles. The zero-order valence-corrected chi connectivity index (χ0v) is 19.5. The standard InChI is InChI=1S/C25H39N3O3/c1-4-20(2)24(29)27-12-8-11-23(19-27)25(30)28(18-22-9-6-5-7-10-22)21(3)17-26-13-15-31-16-14-26/h5-7,9-10,20-21,23H,4,8,11-19H2,1-3H3. The fraction of sp³-hybridized carbons (Fsp3) is 0.680. The maximum Gasteiger partial charge on any atom is 0.228 e. The second kappa shape index (κ2) is 11.6. The van der Waals surface area contributed by atoms with E-state index in [1.807, 2.05) is 41.8 Å². The van der Waals surface area contributed by atoms with Gasteiger partial charge in [0.15, 0.2) is 0 Å². The third-order valence-corrected chi connectivity index (χ3v) is 6.75. The maximum atomic E-state index is 13.7. The molecular formula is C25H39N3O3. The zero-order valence-electron chi connectivity index (χ0n) is 19.5. The third-order valence-electron chi connectivity index (χ3n) is 6.75. The topological polar surface area (TPSA) is 53.1 Å². The Balaban J connectivity index is 1.72. The molecule has 2 aliphatic rings. The Hall–Kier alpha value is -1.92. The lowest BCUT2D eigenvalue weighted by molar-refractivity contribution is -0.144. The number of benzene rings is 1. The van der Waals surface area contributed by atoms with Gasteiger partial charge in [0, 0.05) is 51.2 Å². The summed E-state index contributed by atoms with van der Waals surface area (Å²) in [5, 5.41) is 0. The lowest BCUT2D eigenvalue weighted by atomic mass is 9.94. The maximum absolute atomic E-state index is 13.7. The molecule has 0 spiro atoms. The van der Waals surface area contributed by atoms with Crippen LogP contribution in [-0.4, -0.2) is 78.5 Å². The van der Waals surface area contributed by atoms with E-state index in [-0.39, 0.29) is 29.7 Å². The van der Waals surface area contributed by atoms with E-state index >= 15 is 0 Å². The highest BCUT2D eigenvalue weighted by Crippen LogP contribution is 2.23. The van der Waals surface area contributed by atoms with Crippen molar-refractivity contribution in [2.24, 2.45) is 11.8 Å². The van der Waals surface area contributed by atoms with Gasteiger partial charge in [0.25, 0.3) is 0 Å². The molecule has 3 atom stereocenters. The van der Waals surface area contributed by atoms with Crippen molar-refractivity contribution in [3.05, 3.63) is 35.9 Å². The van der Waals surface area contributed by atoms with Gasteiger partial charge in [-0.2, -0.15) is 0 Å². The van der Waals surface area contributed by atoms with Crippen molar-refractivity contribution < 1.29 is 14.3 Å². The minimum atomic E-state index is -0.113. The lowest BCUT2D eigenvalue weighted by Crippen LogP contribution is -2.52. The van der Waals surface area contributed by atoms with Gasteiger partial charge in [-0.25, -0.2) is 0 Å². The predicted molar refractivity (Wildman–Crippen MR) is 122 cm³/mol. The Kier molecular flexibility index (Phi) is 8.90. The molecule has 3 unspecified atom stereocenters. The first-order valence-corrected chi connectivity index (χ1v) is 11.9. The third kappa shape index (κ3) is 6.53. The molecule has 0 aliphatic carbocycles. The Morgan fingerprint density at radius 3 is 2.52 bits per heavy atom. The van der Waals surface area contributed by atoms with Crippen LogP contribution in [-0.2, 0) is 20.9 Å². The Bertz CT molecular complexity index is 705. The molecule has 1 aromatic carbocycles. The van der Waals surface area contributed by atoms with Gasteiger partial charge in [-0.3, -0.25) is 14.5 Å². The summed E-state index contributed by atoms with van der Waals surface area (Å²) in [4.78, 5) is 32.8. The van der Waals surface area contributed by atoms with E-state index < -0.39 is 0 Å². The first kappa shape index (κ1) is 23.7. The Morgan fingerprint density at radius 2 is 1.84 bits per heavy atom. The van der Waals surface area contributed by atoms with Crippen LogP contribution in [0, 0.1) is 11.8 Å². The number of piperidine rings is 1. The monoisotopic (exact) mass is 429 g/mol. The molecule has 2 amide bonds. The molecule has 6 nitrogen and oxygen atoms in total. The number of hydrogen-bond acceptors (Lipinski definition) is 4. The minimum Gasteiger partial charge on any atom is -0.379 e. The highest BCUT2D eigenvalue weighted by atomic mass is 16.5. The predicted octanol–water partition coefficient (Wildman–Crippen LogP) is 3.02. The number of amides is 2. The van der Waals surface area contributed by atoms with E-state index in [2.05, 4.69) is 24.0 Å². The number of ether oxygens (including phenoxy) is 1. The first-order chi connectivity index (χ1) is 15.0. The van der Waals surface area contributed by atoms with E-state index in [1.54, 1.807) is 0 Å². The number of hydrogen-bond donors (Lipinski definition) is 0. The normalized spacial score (nSPS) is 22.0. The summed E-state index contributed by atoms with van der Waals surface area (Å²) in [5.74, 6) is 0.286. The molecule has 2 saturated heterocycles. The van der Waals surface area contributed by atoms with Gasteiger partial charge in [0.1, 0.15) is 0 Å². The molecule has 2 fully saturated rings. The Labute approximate surface area is 187 Å². The van der Waals surface area contributed by atoms with Crippen LogP contribution in [0.25, 0.3) is 0 Å². The van der Waals surface area contributed by atoms with E-state index in [0.717, 1.165) is 64.2 Å². The van der Waals surface area contributed by atoms with Crippen LogP contribution < -0.4 is 0 Å². The molecule has 0 N–H and O–H groups in total. The second-order valence-corrected chi connectivity index (χ2v) is 9.15. The summed E-state index contributed by atoms with van der Waals surface area (Å²) in [6.45, 7) is 12.3. The van der Waals surface area contributed by atoms with Crippen molar-refractivity contribution >= 4 is 11.8 Å². The molecular weight excluding hydrogens is 390 g/mol. The minimum absolute atomic E-state index is 0.0227. The quantitative estimate of drug-likeness (QED) is 0.637. The number of morpholine rings is 1. The molecule has 6 heteroatoms. The van der Waals surface area contributed by atoms with Gasteiger partial charge in [0.2, 0.25) is 11.8 Å². The molecule has 2 heterocycles. The SMILES string of the molecule is CCC(C)C(=O)N1CCCC(C(=O)N(Cc2ccccc2)C(C)CN2CCOCC2)C1. The molecule has 31 heavy (non-hydrogen) atoms.